The first-order valence-electron chi connectivity index (χ1n) is 10.6. The quantitative estimate of drug-likeness (QED) is 0.267. The van der Waals surface area contributed by atoms with E-state index in [9.17, 15) is 22.8 Å². The maximum Gasteiger partial charge on any atom is 0.418 e. The van der Waals surface area contributed by atoms with Gasteiger partial charge in [-0.1, -0.05) is 24.6 Å². The Morgan fingerprint density at radius 2 is 1.84 bits per heavy atom. The average Bonchev–Trinajstić information content (AvgIpc) is 3.36. The van der Waals surface area contributed by atoms with Crippen molar-refractivity contribution in [1.29, 1.82) is 0 Å². The molecule has 0 aliphatic carbocycles. The van der Waals surface area contributed by atoms with E-state index in [-0.39, 0.29) is 34.5 Å². The van der Waals surface area contributed by atoms with Crippen molar-refractivity contribution in [1.82, 2.24) is 24.9 Å². The number of ketones is 1. The van der Waals surface area contributed by atoms with Crippen molar-refractivity contribution >= 4 is 52.1 Å². The molecule has 4 aromatic heterocycles. The molecule has 0 fully saturated rings. The number of Topliss-reactive ketones (excluding diaryl/α,β-unsaturated/α-hetero) is 1. The number of aromatic nitrogens is 5. The number of thiazole rings is 1. The lowest BCUT2D eigenvalue weighted by molar-refractivity contribution is -0.137. The highest BCUT2D eigenvalue weighted by Crippen LogP contribution is 2.35. The lowest BCUT2D eigenvalue weighted by atomic mass is 10.0. The third-order valence-electron chi connectivity index (χ3n) is 4.94. The summed E-state index contributed by atoms with van der Waals surface area (Å²) in [5, 5.41) is 5.22. The van der Waals surface area contributed by atoms with Crippen LogP contribution in [0.4, 0.5) is 30.6 Å². The number of anilines is 3. The predicted molar refractivity (Wildman–Crippen MR) is 131 cm³/mol. The molecule has 0 bridgehead atoms. The maximum absolute atomic E-state index is 13.1. The zero-order chi connectivity index (χ0) is 26.6. The van der Waals surface area contributed by atoms with Crippen molar-refractivity contribution in [2.24, 2.45) is 0 Å². The first-order chi connectivity index (χ1) is 17.6. The van der Waals surface area contributed by atoms with Crippen LogP contribution in [0.1, 0.15) is 50.0 Å². The fraction of sp³-hybridized carbons (Fsp3) is 0.174. The van der Waals surface area contributed by atoms with Crippen molar-refractivity contribution < 1.29 is 22.8 Å². The minimum Gasteiger partial charge on any atom is -0.325 e. The first kappa shape index (κ1) is 26.1. The average molecular weight is 548 g/mol. The molecule has 0 spiro atoms. The van der Waals surface area contributed by atoms with E-state index < -0.39 is 22.7 Å². The van der Waals surface area contributed by atoms with Crippen molar-refractivity contribution in [2.75, 3.05) is 10.6 Å². The Hall–Kier alpha value is -3.97. The van der Waals surface area contributed by atoms with Crippen LogP contribution in [0, 0.1) is 0 Å². The summed E-state index contributed by atoms with van der Waals surface area (Å²) in [6.45, 7) is 1.77. The minimum absolute atomic E-state index is 0.0578. The third-order valence-corrected chi connectivity index (χ3v) is 6.47. The van der Waals surface area contributed by atoms with Gasteiger partial charge in [0, 0.05) is 30.8 Å². The Balaban J connectivity index is 1.40. The molecule has 0 aliphatic heterocycles. The van der Waals surface area contributed by atoms with Gasteiger partial charge in [-0.2, -0.15) is 13.2 Å². The number of amides is 1. The van der Waals surface area contributed by atoms with Gasteiger partial charge in [-0.05, 0) is 18.2 Å². The lowest BCUT2D eigenvalue weighted by Crippen LogP contribution is -2.13. The van der Waals surface area contributed by atoms with Gasteiger partial charge in [0.1, 0.15) is 34.4 Å². The number of hydrogen-bond donors (Lipinski definition) is 2. The molecular weight excluding hydrogens is 531 g/mol. The van der Waals surface area contributed by atoms with Crippen LogP contribution >= 0.6 is 22.9 Å². The number of halogens is 4. The van der Waals surface area contributed by atoms with Gasteiger partial charge < -0.3 is 10.6 Å². The Kier molecular flexibility index (Phi) is 7.74. The summed E-state index contributed by atoms with van der Waals surface area (Å²) in [6.07, 6.45) is 0.350. The molecule has 0 aliphatic rings. The van der Waals surface area contributed by atoms with Gasteiger partial charge in [-0.25, -0.2) is 24.9 Å². The summed E-state index contributed by atoms with van der Waals surface area (Å²) in [7, 11) is 0. The number of pyridine rings is 2. The number of rotatable bonds is 8. The van der Waals surface area contributed by atoms with Crippen LogP contribution in [0.5, 0.6) is 0 Å². The Bertz CT molecular complexity index is 1430. The van der Waals surface area contributed by atoms with Crippen LogP contribution in [0.25, 0.3) is 0 Å². The van der Waals surface area contributed by atoms with E-state index in [2.05, 4.69) is 35.6 Å². The van der Waals surface area contributed by atoms with Gasteiger partial charge in [0.2, 0.25) is 0 Å². The maximum atomic E-state index is 13.1. The fourth-order valence-electron chi connectivity index (χ4n) is 3.14. The second-order valence-corrected chi connectivity index (χ2v) is 9.19. The Labute approximate surface area is 217 Å². The Morgan fingerprint density at radius 3 is 2.57 bits per heavy atom. The molecule has 2 N–H and O–H groups in total. The van der Waals surface area contributed by atoms with E-state index in [1.165, 1.54) is 18.6 Å². The van der Waals surface area contributed by atoms with Crippen LogP contribution in [0.2, 0.25) is 5.02 Å². The summed E-state index contributed by atoms with van der Waals surface area (Å²) in [5.41, 5.74) is -0.913. The van der Waals surface area contributed by atoms with Crippen molar-refractivity contribution in [2.45, 2.75) is 25.4 Å². The SMILES string of the molecule is CC(CC(=O)c1cc(Nc2ccccn2)ncn1)c1ncc(C(=O)Nc2cc(C(F)(F)F)c(Cl)cn2)s1. The van der Waals surface area contributed by atoms with Crippen LogP contribution in [0.15, 0.2) is 55.2 Å². The van der Waals surface area contributed by atoms with Crippen molar-refractivity contribution in [3.8, 4) is 0 Å². The molecule has 0 radical (unpaired) electrons. The topological polar surface area (TPSA) is 123 Å². The zero-order valence-electron chi connectivity index (χ0n) is 19.0. The number of alkyl halides is 3. The molecule has 4 rings (SSSR count). The highest BCUT2D eigenvalue weighted by atomic mass is 35.5. The third kappa shape index (κ3) is 6.62. The second-order valence-electron chi connectivity index (χ2n) is 7.72. The van der Waals surface area contributed by atoms with Gasteiger partial charge in [0.15, 0.2) is 5.78 Å². The highest BCUT2D eigenvalue weighted by Gasteiger charge is 2.34. The molecule has 37 heavy (non-hydrogen) atoms. The van der Waals surface area contributed by atoms with Crippen molar-refractivity contribution in [3.05, 3.63) is 81.4 Å². The summed E-state index contributed by atoms with van der Waals surface area (Å²) in [4.78, 5) is 45.7. The van der Waals surface area contributed by atoms with Gasteiger partial charge >= 0.3 is 6.18 Å². The molecule has 0 saturated carbocycles. The van der Waals surface area contributed by atoms with E-state index in [0.29, 0.717) is 22.7 Å². The monoisotopic (exact) mass is 547 g/mol. The molecule has 190 valence electrons. The molecule has 4 heterocycles. The fourth-order valence-corrected chi connectivity index (χ4v) is 4.21. The van der Waals surface area contributed by atoms with Gasteiger partial charge in [0.05, 0.1) is 21.8 Å². The number of carbonyl (C=O) groups excluding carboxylic acids is 2. The summed E-state index contributed by atoms with van der Waals surface area (Å²) in [5.74, 6) is -0.644. The number of nitrogens with zero attached hydrogens (tertiary/aromatic N) is 5. The van der Waals surface area contributed by atoms with Crippen LogP contribution in [-0.2, 0) is 6.18 Å². The lowest BCUT2D eigenvalue weighted by Gasteiger charge is -2.10. The highest BCUT2D eigenvalue weighted by molar-refractivity contribution is 7.13. The van der Waals surface area contributed by atoms with E-state index in [0.717, 1.165) is 17.5 Å². The molecule has 0 aromatic carbocycles. The largest absolute Gasteiger partial charge is 0.418 e. The van der Waals surface area contributed by atoms with E-state index >= 15 is 0 Å². The normalized spacial score (nSPS) is 12.1. The summed E-state index contributed by atoms with van der Waals surface area (Å²) < 4.78 is 39.2. The standard InChI is InChI=1S/C23H17ClF3N7O2S/c1-12(6-16(35)15-8-20(32-11-31-15)33-18-4-2-3-5-28-18)22-30-10-17(37-22)21(36)34-19-7-13(23(25,26)27)14(24)9-29-19/h2-5,7-12H,6H2,1H3,(H,29,34,36)(H,28,31,32,33). The van der Waals surface area contributed by atoms with Crippen LogP contribution < -0.4 is 10.6 Å². The van der Waals surface area contributed by atoms with E-state index in [1.54, 1.807) is 31.3 Å². The first-order valence-corrected chi connectivity index (χ1v) is 11.8. The molecule has 14 heteroatoms. The molecule has 1 atom stereocenters. The minimum atomic E-state index is -4.70. The number of hydrogen-bond acceptors (Lipinski definition) is 9. The zero-order valence-corrected chi connectivity index (χ0v) is 20.5. The smallest absolute Gasteiger partial charge is 0.325 e. The van der Waals surface area contributed by atoms with Gasteiger partial charge in [-0.15, -0.1) is 11.3 Å². The number of carbonyl (C=O) groups is 2. The molecule has 9 nitrogen and oxygen atoms in total. The van der Waals surface area contributed by atoms with E-state index in [1.807, 2.05) is 0 Å². The molecule has 1 amide bonds. The van der Waals surface area contributed by atoms with Crippen LogP contribution in [-0.4, -0.2) is 36.6 Å². The molecular formula is C23H17ClF3N7O2S. The molecule has 4 aromatic rings. The van der Waals surface area contributed by atoms with Crippen LogP contribution in [0.3, 0.4) is 0 Å². The predicted octanol–water partition coefficient (Wildman–Crippen LogP) is 5.77. The summed E-state index contributed by atoms with van der Waals surface area (Å²) >= 11 is 6.58. The van der Waals surface area contributed by atoms with Gasteiger partial charge in [-0.3, -0.25) is 9.59 Å². The molecule has 1 unspecified atom stereocenters. The van der Waals surface area contributed by atoms with Crippen molar-refractivity contribution in [3.63, 3.8) is 0 Å². The molecule has 0 saturated heterocycles. The second kappa shape index (κ2) is 11.0. The van der Waals surface area contributed by atoms with Gasteiger partial charge in [0.25, 0.3) is 5.91 Å². The summed E-state index contributed by atoms with van der Waals surface area (Å²) in [6, 6.07) is 7.49. The van der Waals surface area contributed by atoms with E-state index in [4.69, 9.17) is 11.6 Å². The number of nitrogens with one attached hydrogen (secondary N) is 2. The Morgan fingerprint density at radius 1 is 1.03 bits per heavy atom.